The molecule has 0 fully saturated rings. The topological polar surface area (TPSA) is 24.9 Å². The Morgan fingerprint density at radius 3 is 2.76 bits per heavy atom. The number of aromatic nitrogens is 1. The number of halogens is 3. The second-order valence-corrected chi connectivity index (χ2v) is 5.33. The largest absolute Gasteiger partial charge is 0.416 e. The zero-order valence-electron chi connectivity index (χ0n) is 11.5. The minimum absolute atomic E-state index is 0.421. The van der Waals surface area contributed by atoms with Crippen molar-refractivity contribution in [2.45, 2.75) is 25.4 Å². The van der Waals surface area contributed by atoms with Crippen LogP contribution in [0.5, 0.6) is 0 Å². The van der Waals surface area contributed by atoms with Gasteiger partial charge in [-0.3, -0.25) is 0 Å². The number of benzene rings is 1. The molecular weight excluding hydrogens is 277 g/mol. The Morgan fingerprint density at radius 1 is 1.19 bits per heavy atom. The molecule has 0 amide bonds. The molecule has 1 N–H and O–H groups in total. The molecule has 5 heteroatoms. The molecule has 110 valence electrons. The fourth-order valence-electron chi connectivity index (χ4n) is 2.59. The van der Waals surface area contributed by atoms with Gasteiger partial charge in [-0.25, -0.2) is 4.98 Å². The molecule has 1 atom stereocenters. The van der Waals surface area contributed by atoms with Gasteiger partial charge in [0.05, 0.1) is 11.3 Å². The molecule has 2 heterocycles. The predicted octanol–water partition coefficient (Wildman–Crippen LogP) is 4.69. The second-order valence-electron chi connectivity index (χ2n) is 5.33. The number of fused-ring (bicyclic) bond motifs is 1. The van der Waals surface area contributed by atoms with Gasteiger partial charge in [0.1, 0.15) is 5.82 Å². The molecule has 0 saturated carbocycles. The number of hydrogen-bond donors (Lipinski definition) is 1. The van der Waals surface area contributed by atoms with Crippen molar-refractivity contribution in [3.8, 4) is 11.3 Å². The summed E-state index contributed by atoms with van der Waals surface area (Å²) in [6.45, 7) is 2.97. The number of alkyl halides is 3. The van der Waals surface area contributed by atoms with Crippen LogP contribution in [-0.2, 0) is 6.18 Å². The third-order valence-electron chi connectivity index (χ3n) is 3.81. The first-order valence-corrected chi connectivity index (χ1v) is 6.87. The van der Waals surface area contributed by atoms with Gasteiger partial charge in [0.15, 0.2) is 0 Å². The molecule has 0 aliphatic carbocycles. The van der Waals surface area contributed by atoms with E-state index in [4.69, 9.17) is 0 Å². The number of nitrogens with zero attached hydrogens (tertiary/aromatic N) is 1. The highest BCUT2D eigenvalue weighted by molar-refractivity contribution is 5.64. The van der Waals surface area contributed by atoms with E-state index in [0.29, 0.717) is 17.2 Å². The lowest BCUT2D eigenvalue weighted by molar-refractivity contribution is -0.137. The molecule has 3 rings (SSSR count). The molecule has 0 radical (unpaired) electrons. The molecule has 0 bridgehead atoms. The highest BCUT2D eigenvalue weighted by Crippen LogP contribution is 2.34. The van der Waals surface area contributed by atoms with Gasteiger partial charge in [-0.15, -0.1) is 0 Å². The maximum atomic E-state index is 12.8. The van der Waals surface area contributed by atoms with Gasteiger partial charge in [-0.1, -0.05) is 25.1 Å². The van der Waals surface area contributed by atoms with E-state index < -0.39 is 11.7 Å². The maximum Gasteiger partial charge on any atom is 0.416 e. The summed E-state index contributed by atoms with van der Waals surface area (Å²) in [5.41, 5.74) is 1.51. The van der Waals surface area contributed by atoms with Crippen LogP contribution in [-0.4, -0.2) is 11.5 Å². The zero-order chi connectivity index (χ0) is 15.0. The quantitative estimate of drug-likeness (QED) is 0.825. The van der Waals surface area contributed by atoms with E-state index in [9.17, 15) is 13.2 Å². The normalized spacial score (nSPS) is 18.0. The van der Waals surface area contributed by atoms with E-state index in [1.165, 1.54) is 6.07 Å². The van der Waals surface area contributed by atoms with Crippen molar-refractivity contribution in [2.75, 3.05) is 11.9 Å². The Labute approximate surface area is 121 Å². The van der Waals surface area contributed by atoms with E-state index in [1.807, 2.05) is 6.07 Å². The van der Waals surface area contributed by atoms with Gasteiger partial charge in [-0.05, 0) is 36.1 Å². The molecule has 1 aromatic carbocycles. The van der Waals surface area contributed by atoms with Crippen molar-refractivity contribution in [3.05, 3.63) is 47.5 Å². The first-order chi connectivity index (χ1) is 9.95. The fraction of sp³-hybridized carbons (Fsp3) is 0.312. The van der Waals surface area contributed by atoms with Crippen LogP contribution in [0, 0.1) is 0 Å². The number of rotatable bonds is 1. The number of pyridine rings is 1. The van der Waals surface area contributed by atoms with Crippen LogP contribution in [0.4, 0.5) is 19.0 Å². The van der Waals surface area contributed by atoms with Gasteiger partial charge >= 0.3 is 6.18 Å². The minimum atomic E-state index is -4.34. The maximum absolute atomic E-state index is 12.8. The molecule has 2 aromatic rings. The SMILES string of the molecule is CC1CCNc2nc(-c3cccc(C(F)(F)F)c3)ccc21. The van der Waals surface area contributed by atoms with E-state index >= 15 is 0 Å². The predicted molar refractivity (Wildman–Crippen MR) is 76.2 cm³/mol. The van der Waals surface area contributed by atoms with Crippen LogP contribution in [0.1, 0.15) is 30.4 Å². The Balaban J connectivity index is 2.02. The lowest BCUT2D eigenvalue weighted by atomic mass is 9.94. The van der Waals surface area contributed by atoms with E-state index in [1.54, 1.807) is 12.1 Å². The molecule has 1 aliphatic rings. The lowest BCUT2D eigenvalue weighted by Crippen LogP contribution is -2.16. The Bertz CT molecular complexity index is 665. The van der Waals surface area contributed by atoms with Crippen molar-refractivity contribution in [3.63, 3.8) is 0 Å². The average molecular weight is 292 g/mol. The summed E-state index contributed by atoms with van der Waals surface area (Å²) in [7, 11) is 0. The third-order valence-corrected chi connectivity index (χ3v) is 3.81. The van der Waals surface area contributed by atoms with Crippen molar-refractivity contribution < 1.29 is 13.2 Å². The van der Waals surface area contributed by atoms with Crippen molar-refractivity contribution >= 4 is 5.82 Å². The van der Waals surface area contributed by atoms with Crippen LogP contribution < -0.4 is 5.32 Å². The number of nitrogens with one attached hydrogen (secondary N) is 1. The van der Waals surface area contributed by atoms with E-state index in [0.717, 1.165) is 36.5 Å². The minimum Gasteiger partial charge on any atom is -0.370 e. The zero-order valence-corrected chi connectivity index (χ0v) is 11.5. The van der Waals surface area contributed by atoms with E-state index in [2.05, 4.69) is 17.2 Å². The fourth-order valence-corrected chi connectivity index (χ4v) is 2.59. The summed E-state index contributed by atoms with van der Waals surface area (Å²) in [6.07, 6.45) is -3.30. The molecule has 1 aliphatic heterocycles. The summed E-state index contributed by atoms with van der Waals surface area (Å²) in [5.74, 6) is 1.20. The second kappa shape index (κ2) is 5.06. The lowest BCUT2D eigenvalue weighted by Gasteiger charge is -2.23. The van der Waals surface area contributed by atoms with E-state index in [-0.39, 0.29) is 0 Å². The number of anilines is 1. The summed E-state index contributed by atoms with van der Waals surface area (Å²) < 4.78 is 38.3. The Kier molecular flexibility index (Phi) is 3.35. The smallest absolute Gasteiger partial charge is 0.370 e. The number of hydrogen-bond acceptors (Lipinski definition) is 2. The molecule has 21 heavy (non-hydrogen) atoms. The first kappa shape index (κ1) is 13.9. The molecule has 1 aromatic heterocycles. The van der Waals surface area contributed by atoms with Gasteiger partial charge in [-0.2, -0.15) is 13.2 Å². The molecule has 0 spiro atoms. The molecule has 1 unspecified atom stereocenters. The summed E-state index contributed by atoms with van der Waals surface area (Å²) >= 11 is 0. The third kappa shape index (κ3) is 2.73. The average Bonchev–Trinajstić information content (AvgIpc) is 2.46. The first-order valence-electron chi connectivity index (χ1n) is 6.87. The monoisotopic (exact) mass is 292 g/mol. The van der Waals surface area contributed by atoms with Crippen molar-refractivity contribution in [1.29, 1.82) is 0 Å². The van der Waals surface area contributed by atoms with Gasteiger partial charge in [0, 0.05) is 12.1 Å². The van der Waals surface area contributed by atoms with Gasteiger partial charge in [0.2, 0.25) is 0 Å². The van der Waals surface area contributed by atoms with Crippen LogP contribution in [0.3, 0.4) is 0 Å². The summed E-state index contributed by atoms with van der Waals surface area (Å²) in [5, 5.41) is 3.21. The van der Waals surface area contributed by atoms with Crippen LogP contribution in [0.2, 0.25) is 0 Å². The highest BCUT2D eigenvalue weighted by Gasteiger charge is 2.30. The Hall–Kier alpha value is -2.04. The molecule has 0 saturated heterocycles. The van der Waals surface area contributed by atoms with Crippen LogP contribution >= 0.6 is 0 Å². The standard InChI is InChI=1S/C16H15F3N2/c1-10-7-8-20-15-13(10)5-6-14(21-15)11-3-2-4-12(9-11)16(17,18)19/h2-6,9-10H,7-8H2,1H3,(H,20,21). The summed E-state index contributed by atoms with van der Waals surface area (Å²) in [6, 6.07) is 9.02. The molecule has 2 nitrogen and oxygen atoms in total. The van der Waals surface area contributed by atoms with Crippen LogP contribution in [0.25, 0.3) is 11.3 Å². The van der Waals surface area contributed by atoms with Crippen LogP contribution in [0.15, 0.2) is 36.4 Å². The molecular formula is C16H15F3N2. The van der Waals surface area contributed by atoms with Gasteiger partial charge in [0.25, 0.3) is 0 Å². The van der Waals surface area contributed by atoms with Gasteiger partial charge < -0.3 is 5.32 Å². The van der Waals surface area contributed by atoms with Crippen molar-refractivity contribution in [1.82, 2.24) is 4.98 Å². The summed E-state index contributed by atoms with van der Waals surface area (Å²) in [4.78, 5) is 4.48. The highest BCUT2D eigenvalue weighted by atomic mass is 19.4. The Morgan fingerprint density at radius 2 is 2.00 bits per heavy atom. The van der Waals surface area contributed by atoms with Crippen molar-refractivity contribution in [2.24, 2.45) is 0 Å².